The highest BCUT2D eigenvalue weighted by Crippen LogP contribution is 2.38. The second kappa shape index (κ2) is 4.67. The number of Topliss-reactive ketones (excluding diaryl/α,β-unsaturated/α-hetero) is 1. The minimum atomic E-state index is -0.110. The van der Waals surface area contributed by atoms with Gasteiger partial charge in [0.05, 0.1) is 0 Å². The van der Waals surface area contributed by atoms with Crippen LogP contribution in [0.15, 0.2) is 0 Å². The van der Waals surface area contributed by atoms with E-state index in [-0.39, 0.29) is 10.8 Å². The second-order valence-corrected chi connectivity index (χ2v) is 6.36. The zero-order valence-electron chi connectivity index (χ0n) is 10.9. The van der Waals surface area contributed by atoms with E-state index < -0.39 is 0 Å². The number of rotatable bonds is 0. The monoisotopic (exact) mass is 210 g/mol. The van der Waals surface area contributed by atoms with Gasteiger partial charge >= 0.3 is 0 Å². The molecule has 0 aromatic rings. The van der Waals surface area contributed by atoms with Crippen LogP contribution in [-0.2, 0) is 4.79 Å². The highest BCUT2D eigenvalue weighted by molar-refractivity contribution is 5.89. The van der Waals surface area contributed by atoms with Gasteiger partial charge in [0.2, 0.25) is 0 Å². The molecule has 0 N–H and O–H groups in total. The molecular formula is C14H26O. The predicted molar refractivity (Wildman–Crippen MR) is 64.9 cm³/mol. The molecule has 1 aliphatic rings. The normalized spacial score (nSPS) is 27.3. The molecule has 0 radical (unpaired) electrons. The molecule has 0 aromatic carbocycles. The van der Waals surface area contributed by atoms with Crippen LogP contribution in [-0.4, -0.2) is 5.78 Å². The molecule has 0 bridgehead atoms. The SMILES string of the molecule is CC1(C)CCCCCCCC(C)(C)C1=O. The fourth-order valence-corrected chi connectivity index (χ4v) is 2.81. The first-order valence-corrected chi connectivity index (χ1v) is 6.41. The van der Waals surface area contributed by atoms with Crippen molar-refractivity contribution in [1.82, 2.24) is 0 Å². The number of hydrogen-bond acceptors (Lipinski definition) is 1. The van der Waals surface area contributed by atoms with Crippen molar-refractivity contribution < 1.29 is 4.79 Å². The zero-order valence-corrected chi connectivity index (χ0v) is 10.9. The van der Waals surface area contributed by atoms with Gasteiger partial charge in [-0.2, -0.15) is 0 Å². The van der Waals surface area contributed by atoms with Crippen molar-refractivity contribution in [3.8, 4) is 0 Å². The number of carbonyl (C=O) groups is 1. The Morgan fingerprint density at radius 1 is 0.733 bits per heavy atom. The molecular weight excluding hydrogens is 184 g/mol. The summed E-state index contributed by atoms with van der Waals surface area (Å²) in [6.45, 7) is 8.49. The van der Waals surface area contributed by atoms with E-state index in [1.165, 1.54) is 32.1 Å². The lowest BCUT2D eigenvalue weighted by Crippen LogP contribution is -2.37. The van der Waals surface area contributed by atoms with Crippen molar-refractivity contribution in [2.24, 2.45) is 10.8 Å². The Morgan fingerprint density at radius 2 is 1.07 bits per heavy atom. The minimum absolute atomic E-state index is 0.110. The summed E-state index contributed by atoms with van der Waals surface area (Å²) in [5, 5.41) is 0. The average Bonchev–Trinajstić information content (AvgIpc) is 2.14. The Bertz CT molecular complexity index is 203. The van der Waals surface area contributed by atoms with Crippen molar-refractivity contribution in [2.45, 2.75) is 72.6 Å². The van der Waals surface area contributed by atoms with Gasteiger partial charge in [0.25, 0.3) is 0 Å². The molecule has 0 amide bonds. The van der Waals surface area contributed by atoms with Crippen LogP contribution in [0.3, 0.4) is 0 Å². The largest absolute Gasteiger partial charge is 0.299 e. The summed E-state index contributed by atoms with van der Waals surface area (Å²) in [6.07, 6.45) is 8.52. The van der Waals surface area contributed by atoms with Crippen LogP contribution in [0.4, 0.5) is 0 Å². The van der Waals surface area contributed by atoms with Crippen LogP contribution >= 0.6 is 0 Å². The third kappa shape index (κ3) is 3.32. The maximum Gasteiger partial charge on any atom is 0.144 e. The molecule has 1 saturated carbocycles. The van der Waals surface area contributed by atoms with Gasteiger partial charge in [-0.1, -0.05) is 59.8 Å². The van der Waals surface area contributed by atoms with Crippen molar-refractivity contribution >= 4 is 5.78 Å². The van der Waals surface area contributed by atoms with E-state index in [0.29, 0.717) is 5.78 Å². The Kier molecular flexibility index (Phi) is 3.97. The molecule has 0 spiro atoms. The van der Waals surface area contributed by atoms with Gasteiger partial charge in [0.1, 0.15) is 5.78 Å². The molecule has 1 heteroatoms. The van der Waals surface area contributed by atoms with Crippen LogP contribution in [0.2, 0.25) is 0 Å². The molecule has 0 saturated heterocycles. The van der Waals surface area contributed by atoms with Gasteiger partial charge in [0, 0.05) is 10.8 Å². The lowest BCUT2D eigenvalue weighted by atomic mass is 9.68. The molecule has 0 unspecified atom stereocenters. The fraction of sp³-hybridized carbons (Fsp3) is 0.929. The van der Waals surface area contributed by atoms with E-state index in [4.69, 9.17) is 0 Å². The fourth-order valence-electron chi connectivity index (χ4n) is 2.81. The topological polar surface area (TPSA) is 17.1 Å². The van der Waals surface area contributed by atoms with Gasteiger partial charge in [-0.3, -0.25) is 4.79 Å². The third-order valence-electron chi connectivity index (χ3n) is 3.83. The molecule has 1 aliphatic carbocycles. The number of carbonyl (C=O) groups excluding carboxylic acids is 1. The molecule has 1 fully saturated rings. The average molecular weight is 210 g/mol. The van der Waals surface area contributed by atoms with Crippen molar-refractivity contribution in [3.63, 3.8) is 0 Å². The molecule has 0 atom stereocenters. The summed E-state index contributed by atoms with van der Waals surface area (Å²) >= 11 is 0. The van der Waals surface area contributed by atoms with E-state index in [0.717, 1.165) is 12.8 Å². The van der Waals surface area contributed by atoms with Gasteiger partial charge in [-0.15, -0.1) is 0 Å². The van der Waals surface area contributed by atoms with Crippen LogP contribution in [0, 0.1) is 10.8 Å². The van der Waals surface area contributed by atoms with Crippen LogP contribution < -0.4 is 0 Å². The standard InChI is InChI=1S/C14H26O/c1-13(2)10-8-6-5-7-9-11-14(3,4)12(13)15/h5-11H2,1-4H3. The maximum atomic E-state index is 12.4. The van der Waals surface area contributed by atoms with Crippen molar-refractivity contribution in [2.75, 3.05) is 0 Å². The first-order valence-electron chi connectivity index (χ1n) is 6.41. The highest BCUT2D eigenvalue weighted by Gasteiger charge is 2.38. The van der Waals surface area contributed by atoms with Crippen molar-refractivity contribution in [3.05, 3.63) is 0 Å². The minimum Gasteiger partial charge on any atom is -0.299 e. The van der Waals surface area contributed by atoms with Gasteiger partial charge in [-0.05, 0) is 12.8 Å². The lowest BCUT2D eigenvalue weighted by Gasteiger charge is -2.34. The van der Waals surface area contributed by atoms with E-state index in [1.54, 1.807) is 0 Å². The van der Waals surface area contributed by atoms with Crippen LogP contribution in [0.1, 0.15) is 72.6 Å². The summed E-state index contributed by atoms with van der Waals surface area (Å²) in [7, 11) is 0. The Morgan fingerprint density at radius 3 is 1.47 bits per heavy atom. The van der Waals surface area contributed by atoms with Gasteiger partial charge in [0.15, 0.2) is 0 Å². The molecule has 0 heterocycles. The van der Waals surface area contributed by atoms with Gasteiger partial charge < -0.3 is 0 Å². The summed E-state index contributed by atoms with van der Waals surface area (Å²) in [4.78, 5) is 12.4. The van der Waals surface area contributed by atoms with Crippen LogP contribution in [0.5, 0.6) is 0 Å². The highest BCUT2D eigenvalue weighted by atomic mass is 16.1. The molecule has 1 nitrogen and oxygen atoms in total. The van der Waals surface area contributed by atoms with Crippen LogP contribution in [0.25, 0.3) is 0 Å². The van der Waals surface area contributed by atoms with E-state index in [2.05, 4.69) is 27.7 Å². The molecule has 15 heavy (non-hydrogen) atoms. The third-order valence-corrected chi connectivity index (χ3v) is 3.83. The Hall–Kier alpha value is -0.330. The predicted octanol–water partition coefficient (Wildman–Crippen LogP) is 4.35. The number of hydrogen-bond donors (Lipinski definition) is 0. The second-order valence-electron chi connectivity index (χ2n) is 6.36. The maximum absolute atomic E-state index is 12.4. The van der Waals surface area contributed by atoms with E-state index in [1.807, 2.05) is 0 Å². The van der Waals surface area contributed by atoms with E-state index >= 15 is 0 Å². The van der Waals surface area contributed by atoms with Gasteiger partial charge in [-0.25, -0.2) is 0 Å². The Labute approximate surface area is 94.6 Å². The smallest absolute Gasteiger partial charge is 0.144 e. The molecule has 0 aliphatic heterocycles. The first kappa shape index (κ1) is 12.7. The summed E-state index contributed by atoms with van der Waals surface area (Å²) in [5.41, 5.74) is -0.221. The summed E-state index contributed by atoms with van der Waals surface area (Å²) < 4.78 is 0. The Balaban J connectivity index is 2.77. The molecule has 0 aromatic heterocycles. The summed E-state index contributed by atoms with van der Waals surface area (Å²) in [5.74, 6) is 0.469. The number of ketones is 1. The first-order chi connectivity index (χ1) is 6.86. The lowest BCUT2D eigenvalue weighted by molar-refractivity contribution is -0.136. The zero-order chi connectivity index (χ0) is 11.5. The van der Waals surface area contributed by atoms with Crippen molar-refractivity contribution in [1.29, 1.82) is 0 Å². The molecule has 1 rings (SSSR count). The van der Waals surface area contributed by atoms with E-state index in [9.17, 15) is 4.79 Å². The molecule has 88 valence electrons. The summed E-state index contributed by atoms with van der Waals surface area (Å²) in [6, 6.07) is 0. The quantitative estimate of drug-likeness (QED) is 0.581.